The highest BCUT2D eigenvalue weighted by molar-refractivity contribution is 9.10. The summed E-state index contributed by atoms with van der Waals surface area (Å²) in [6.07, 6.45) is 4.63. The number of hydrogen-bond acceptors (Lipinski definition) is 2. The smallest absolute Gasteiger partial charge is 0.252 e. The molecule has 1 saturated carbocycles. The summed E-state index contributed by atoms with van der Waals surface area (Å²) in [5, 5.41) is 3.13. The van der Waals surface area contributed by atoms with E-state index in [-0.39, 0.29) is 5.91 Å². The fourth-order valence-corrected chi connectivity index (χ4v) is 3.06. The van der Waals surface area contributed by atoms with Gasteiger partial charge >= 0.3 is 0 Å². The van der Waals surface area contributed by atoms with Crippen LogP contribution in [0.5, 0.6) is 5.75 Å². The predicted octanol–water partition coefficient (Wildman–Crippen LogP) is 3.77. The van der Waals surface area contributed by atoms with Gasteiger partial charge in [-0.2, -0.15) is 0 Å². The minimum absolute atomic E-state index is 0.0233. The third-order valence-electron chi connectivity index (χ3n) is 3.69. The highest BCUT2D eigenvalue weighted by atomic mass is 79.9. The molecule has 1 aliphatic rings. The number of halogens is 1. The van der Waals surface area contributed by atoms with Crippen molar-refractivity contribution in [2.75, 3.05) is 7.11 Å². The molecule has 3 nitrogen and oxygen atoms in total. The number of hydrogen-bond donors (Lipinski definition) is 1. The first-order valence-corrected chi connectivity index (χ1v) is 7.54. The van der Waals surface area contributed by atoms with E-state index in [0.29, 0.717) is 23.3 Å². The summed E-state index contributed by atoms with van der Waals surface area (Å²) < 4.78 is 5.97. The summed E-state index contributed by atoms with van der Waals surface area (Å²) in [5.41, 5.74) is 0.637. The quantitative estimate of drug-likeness (QED) is 0.918. The lowest BCUT2D eigenvalue weighted by Crippen LogP contribution is -2.38. The maximum atomic E-state index is 12.3. The van der Waals surface area contributed by atoms with Gasteiger partial charge in [-0.05, 0) is 52.9 Å². The molecule has 4 heteroatoms. The van der Waals surface area contributed by atoms with Crippen LogP contribution in [0.15, 0.2) is 22.7 Å². The van der Waals surface area contributed by atoms with Gasteiger partial charge in [0.1, 0.15) is 5.75 Å². The van der Waals surface area contributed by atoms with Crippen molar-refractivity contribution in [3.05, 3.63) is 28.2 Å². The molecule has 1 fully saturated rings. The first-order valence-electron chi connectivity index (χ1n) is 6.74. The van der Waals surface area contributed by atoms with Crippen LogP contribution in [-0.2, 0) is 0 Å². The van der Waals surface area contributed by atoms with Crippen molar-refractivity contribution in [1.82, 2.24) is 5.32 Å². The van der Waals surface area contributed by atoms with Crippen molar-refractivity contribution >= 4 is 21.8 Å². The summed E-state index contributed by atoms with van der Waals surface area (Å²) in [5.74, 6) is 1.38. The van der Waals surface area contributed by atoms with Crippen molar-refractivity contribution < 1.29 is 9.53 Å². The molecule has 1 N–H and O–H groups in total. The molecule has 0 heterocycles. The molecular formula is C15H20BrNO2. The van der Waals surface area contributed by atoms with E-state index in [2.05, 4.69) is 28.2 Å². The number of benzene rings is 1. The molecule has 2 rings (SSSR count). The minimum atomic E-state index is -0.0233. The van der Waals surface area contributed by atoms with Crippen LogP contribution in [-0.4, -0.2) is 19.1 Å². The fraction of sp³-hybridized carbons (Fsp3) is 0.533. The lowest BCUT2D eigenvalue weighted by atomic mass is 9.87. The van der Waals surface area contributed by atoms with E-state index >= 15 is 0 Å². The maximum Gasteiger partial charge on any atom is 0.252 e. The standard InChI is InChI=1S/C15H20BrNO2/c1-10-4-3-5-11(8-10)17-15(18)13-9-12(19-2)6-7-14(13)16/h6-7,9-11H,3-5,8H2,1-2H3,(H,17,18). The Bertz CT molecular complexity index is 461. The number of carbonyl (C=O) groups excluding carboxylic acids is 1. The number of nitrogens with one attached hydrogen (secondary N) is 1. The Morgan fingerprint density at radius 2 is 2.21 bits per heavy atom. The third-order valence-corrected chi connectivity index (χ3v) is 4.38. The average Bonchev–Trinajstić information content (AvgIpc) is 2.39. The topological polar surface area (TPSA) is 38.3 Å². The molecule has 0 radical (unpaired) electrons. The summed E-state index contributed by atoms with van der Waals surface area (Å²) in [4.78, 5) is 12.3. The molecule has 0 aromatic heterocycles. The Morgan fingerprint density at radius 3 is 2.89 bits per heavy atom. The van der Waals surface area contributed by atoms with Crippen LogP contribution in [0, 0.1) is 5.92 Å². The zero-order valence-electron chi connectivity index (χ0n) is 11.4. The van der Waals surface area contributed by atoms with Crippen molar-refractivity contribution in [2.24, 2.45) is 5.92 Å². The zero-order valence-corrected chi connectivity index (χ0v) is 13.0. The predicted molar refractivity (Wildman–Crippen MR) is 79.6 cm³/mol. The normalized spacial score (nSPS) is 22.9. The average molecular weight is 326 g/mol. The lowest BCUT2D eigenvalue weighted by Gasteiger charge is -2.27. The maximum absolute atomic E-state index is 12.3. The molecule has 0 aliphatic heterocycles. The molecule has 2 atom stereocenters. The first kappa shape index (κ1) is 14.4. The van der Waals surface area contributed by atoms with Gasteiger partial charge in [0.15, 0.2) is 0 Å². The number of rotatable bonds is 3. The molecular weight excluding hydrogens is 306 g/mol. The Balaban J connectivity index is 2.06. The van der Waals surface area contributed by atoms with Crippen LogP contribution >= 0.6 is 15.9 Å². The van der Waals surface area contributed by atoms with Crippen LogP contribution in [0.2, 0.25) is 0 Å². The summed E-state index contributed by atoms with van der Waals surface area (Å²) >= 11 is 3.42. The molecule has 0 bridgehead atoms. The van der Waals surface area contributed by atoms with E-state index in [4.69, 9.17) is 4.74 Å². The minimum Gasteiger partial charge on any atom is -0.497 e. The lowest BCUT2D eigenvalue weighted by molar-refractivity contribution is 0.0920. The Hall–Kier alpha value is -1.03. The van der Waals surface area contributed by atoms with Crippen LogP contribution in [0.1, 0.15) is 43.0 Å². The Kier molecular flexibility index (Phi) is 4.86. The number of amides is 1. The van der Waals surface area contributed by atoms with Gasteiger partial charge in [0.25, 0.3) is 5.91 Å². The summed E-state index contributed by atoms with van der Waals surface area (Å²) in [6, 6.07) is 5.75. The molecule has 1 aliphatic carbocycles. The molecule has 1 amide bonds. The van der Waals surface area contributed by atoms with Crippen molar-refractivity contribution in [3.8, 4) is 5.75 Å². The van der Waals surface area contributed by atoms with Crippen LogP contribution in [0.25, 0.3) is 0 Å². The van der Waals surface area contributed by atoms with Crippen molar-refractivity contribution in [3.63, 3.8) is 0 Å². The molecule has 2 unspecified atom stereocenters. The molecule has 0 saturated heterocycles. The molecule has 1 aromatic carbocycles. The summed E-state index contributed by atoms with van der Waals surface area (Å²) in [6.45, 7) is 2.25. The second-order valence-corrected chi connectivity index (χ2v) is 6.14. The largest absolute Gasteiger partial charge is 0.497 e. The molecule has 104 valence electrons. The highest BCUT2D eigenvalue weighted by Crippen LogP contribution is 2.26. The third kappa shape index (κ3) is 3.72. The molecule has 0 spiro atoms. The Labute approximate surface area is 122 Å². The van der Waals surface area contributed by atoms with Gasteiger partial charge in [0.2, 0.25) is 0 Å². The first-order chi connectivity index (χ1) is 9.10. The van der Waals surface area contributed by atoms with Crippen molar-refractivity contribution in [2.45, 2.75) is 38.6 Å². The van der Waals surface area contributed by atoms with E-state index < -0.39 is 0 Å². The zero-order chi connectivity index (χ0) is 13.8. The second-order valence-electron chi connectivity index (χ2n) is 5.29. The number of carbonyl (C=O) groups is 1. The van der Waals surface area contributed by atoms with Gasteiger partial charge in [-0.3, -0.25) is 4.79 Å². The van der Waals surface area contributed by atoms with Crippen LogP contribution in [0.4, 0.5) is 0 Å². The van der Waals surface area contributed by atoms with Gasteiger partial charge in [-0.1, -0.05) is 19.8 Å². The van der Waals surface area contributed by atoms with E-state index in [1.807, 2.05) is 12.1 Å². The van der Waals surface area contributed by atoms with Gasteiger partial charge < -0.3 is 10.1 Å². The fourth-order valence-electron chi connectivity index (χ4n) is 2.63. The summed E-state index contributed by atoms with van der Waals surface area (Å²) in [7, 11) is 1.60. The van der Waals surface area contributed by atoms with Gasteiger partial charge in [0.05, 0.1) is 12.7 Å². The van der Waals surface area contributed by atoms with E-state index in [1.54, 1.807) is 13.2 Å². The van der Waals surface area contributed by atoms with E-state index in [0.717, 1.165) is 17.3 Å². The monoisotopic (exact) mass is 325 g/mol. The van der Waals surface area contributed by atoms with Crippen LogP contribution in [0.3, 0.4) is 0 Å². The highest BCUT2D eigenvalue weighted by Gasteiger charge is 2.21. The molecule has 1 aromatic rings. The van der Waals surface area contributed by atoms with Gasteiger partial charge in [-0.15, -0.1) is 0 Å². The SMILES string of the molecule is COc1ccc(Br)c(C(=O)NC2CCCC(C)C2)c1. The number of ether oxygens (including phenoxy) is 1. The van der Waals surface area contributed by atoms with Crippen LogP contribution < -0.4 is 10.1 Å². The molecule has 19 heavy (non-hydrogen) atoms. The van der Waals surface area contributed by atoms with Gasteiger partial charge in [-0.25, -0.2) is 0 Å². The second kappa shape index (κ2) is 6.42. The van der Waals surface area contributed by atoms with Gasteiger partial charge in [0, 0.05) is 10.5 Å². The number of methoxy groups -OCH3 is 1. The van der Waals surface area contributed by atoms with Crippen molar-refractivity contribution in [1.29, 1.82) is 0 Å². The van der Waals surface area contributed by atoms with E-state index in [1.165, 1.54) is 12.8 Å². The van der Waals surface area contributed by atoms with E-state index in [9.17, 15) is 4.79 Å². The Morgan fingerprint density at radius 1 is 1.42 bits per heavy atom.